The molecule has 0 radical (unpaired) electrons. The normalized spacial score (nSPS) is 12.0. The number of hydrogen-bond acceptors (Lipinski definition) is 3. The van der Waals surface area contributed by atoms with Crippen LogP contribution in [0.1, 0.15) is 34.3 Å². The van der Waals surface area contributed by atoms with Crippen LogP contribution in [0.5, 0.6) is 0 Å². The van der Waals surface area contributed by atoms with E-state index in [1.807, 2.05) is 0 Å². The van der Waals surface area contributed by atoms with Crippen molar-refractivity contribution < 1.29 is 4.74 Å². The minimum absolute atomic E-state index is 0.245. The zero-order valence-corrected chi connectivity index (χ0v) is 28.2. The number of hydrogen-bond donors (Lipinski definition) is 1. The highest BCUT2D eigenvalue weighted by molar-refractivity contribution is 6.76. The SMILES string of the molecule is COCN(C[Si](C)(C)C)C(c1ccccc1)c1ccccc1.C[Si](C)(C)CNC(c1ccccc1)c1ccccc1. The summed E-state index contributed by atoms with van der Waals surface area (Å²) in [5.74, 6) is 0. The van der Waals surface area contributed by atoms with Crippen molar-refractivity contribution in [3.63, 3.8) is 0 Å². The molecule has 5 heteroatoms. The van der Waals surface area contributed by atoms with Gasteiger partial charge in [-0.05, 0) is 34.6 Å². The van der Waals surface area contributed by atoms with Crippen LogP contribution in [0.4, 0.5) is 0 Å². The molecular weight excluding hydrogens is 533 g/mol. The lowest BCUT2D eigenvalue weighted by Crippen LogP contribution is -2.43. The molecular formula is C36H50N2OSi2. The Balaban J connectivity index is 0.000000228. The van der Waals surface area contributed by atoms with E-state index in [4.69, 9.17) is 4.74 Å². The predicted molar refractivity (Wildman–Crippen MR) is 183 cm³/mol. The number of benzene rings is 4. The fourth-order valence-corrected chi connectivity index (χ4v) is 7.31. The molecule has 0 unspecified atom stereocenters. The van der Waals surface area contributed by atoms with Crippen LogP contribution in [-0.2, 0) is 4.74 Å². The van der Waals surface area contributed by atoms with Crippen molar-refractivity contribution in [2.45, 2.75) is 51.4 Å². The second-order valence-electron chi connectivity index (χ2n) is 13.1. The van der Waals surface area contributed by atoms with Crippen LogP contribution in [0.25, 0.3) is 0 Å². The minimum Gasteiger partial charge on any atom is -0.369 e. The van der Waals surface area contributed by atoms with Gasteiger partial charge in [-0.25, -0.2) is 0 Å². The van der Waals surface area contributed by atoms with Crippen molar-refractivity contribution in [3.8, 4) is 0 Å². The molecule has 0 aliphatic heterocycles. The third kappa shape index (κ3) is 11.5. The van der Waals surface area contributed by atoms with Crippen molar-refractivity contribution in [2.75, 3.05) is 26.2 Å². The van der Waals surface area contributed by atoms with E-state index in [1.165, 1.54) is 22.3 Å². The maximum atomic E-state index is 5.52. The Morgan fingerprint density at radius 1 is 0.561 bits per heavy atom. The van der Waals surface area contributed by atoms with Crippen LogP contribution in [0.3, 0.4) is 0 Å². The van der Waals surface area contributed by atoms with Gasteiger partial charge in [0.2, 0.25) is 0 Å². The van der Waals surface area contributed by atoms with Crippen molar-refractivity contribution in [1.29, 1.82) is 0 Å². The quantitative estimate of drug-likeness (QED) is 0.133. The molecule has 4 aromatic carbocycles. The fourth-order valence-electron chi connectivity index (χ4n) is 5.00. The Morgan fingerprint density at radius 2 is 0.927 bits per heavy atom. The minimum atomic E-state index is -1.24. The number of nitrogens with one attached hydrogen (secondary N) is 1. The number of rotatable bonds is 12. The standard InChI is InChI=1S/C19H27NOSi.C17H23NSi/c1-21-15-20(16-22(2,3)4)19(17-11-7-5-8-12-17)18-13-9-6-10-14-18;1-19(2,3)14-18-17(15-10-6-4-7-11-15)16-12-8-5-9-13-16/h5-14,19H,15-16H2,1-4H3;4-13,17-18H,14H2,1-3H3. The van der Waals surface area contributed by atoms with Gasteiger partial charge in [-0.1, -0.05) is 161 Å². The number of ether oxygens (including phenoxy) is 1. The highest BCUT2D eigenvalue weighted by atomic mass is 28.3. The fraction of sp³-hybridized carbons (Fsp3) is 0.333. The van der Waals surface area contributed by atoms with Gasteiger partial charge < -0.3 is 10.1 Å². The lowest BCUT2D eigenvalue weighted by molar-refractivity contribution is 0.0553. The van der Waals surface area contributed by atoms with Crippen LogP contribution in [0, 0.1) is 0 Å². The van der Waals surface area contributed by atoms with E-state index in [0.717, 1.165) is 12.3 Å². The molecule has 3 nitrogen and oxygen atoms in total. The monoisotopic (exact) mass is 582 g/mol. The third-order valence-electron chi connectivity index (χ3n) is 6.67. The van der Waals surface area contributed by atoms with Gasteiger partial charge in [0.05, 0.1) is 35.0 Å². The summed E-state index contributed by atoms with van der Waals surface area (Å²) >= 11 is 0. The molecule has 41 heavy (non-hydrogen) atoms. The second-order valence-corrected chi connectivity index (χ2v) is 24.1. The van der Waals surface area contributed by atoms with Crippen LogP contribution >= 0.6 is 0 Å². The Bertz CT molecular complexity index is 1160. The Labute approximate surface area is 251 Å². The molecule has 0 bridgehead atoms. The average molecular weight is 583 g/mol. The molecule has 218 valence electrons. The zero-order chi connectivity index (χ0) is 29.7. The van der Waals surface area contributed by atoms with Crippen molar-refractivity contribution in [3.05, 3.63) is 144 Å². The highest BCUT2D eigenvalue weighted by Gasteiger charge is 2.27. The molecule has 0 aliphatic carbocycles. The van der Waals surface area contributed by atoms with Crippen molar-refractivity contribution in [1.82, 2.24) is 10.2 Å². The van der Waals surface area contributed by atoms with Gasteiger partial charge in [-0.3, -0.25) is 4.90 Å². The van der Waals surface area contributed by atoms with E-state index in [2.05, 4.69) is 171 Å². The van der Waals surface area contributed by atoms with Crippen LogP contribution < -0.4 is 5.32 Å². The van der Waals surface area contributed by atoms with Gasteiger partial charge in [0, 0.05) is 7.11 Å². The summed E-state index contributed by atoms with van der Waals surface area (Å²) in [4.78, 5) is 2.47. The summed E-state index contributed by atoms with van der Waals surface area (Å²) in [6, 6.07) is 43.4. The van der Waals surface area contributed by atoms with Crippen molar-refractivity contribution >= 4 is 16.1 Å². The molecule has 4 aromatic rings. The van der Waals surface area contributed by atoms with Gasteiger partial charge in [-0.15, -0.1) is 0 Å². The van der Waals surface area contributed by atoms with E-state index in [1.54, 1.807) is 7.11 Å². The lowest BCUT2D eigenvalue weighted by atomic mass is 9.98. The third-order valence-corrected chi connectivity index (χ3v) is 9.29. The van der Waals surface area contributed by atoms with Crippen LogP contribution in [-0.4, -0.2) is 47.2 Å². The molecule has 0 atom stereocenters. The Morgan fingerprint density at radius 3 is 1.24 bits per heavy atom. The van der Waals surface area contributed by atoms with Gasteiger partial charge in [0.1, 0.15) is 0 Å². The zero-order valence-electron chi connectivity index (χ0n) is 26.2. The van der Waals surface area contributed by atoms with Gasteiger partial charge in [0.25, 0.3) is 0 Å². The first kappa shape index (κ1) is 32.7. The molecule has 0 amide bonds. The summed E-state index contributed by atoms with van der Waals surface area (Å²) < 4.78 is 5.52. The highest BCUT2D eigenvalue weighted by Crippen LogP contribution is 2.29. The molecule has 0 aromatic heterocycles. The van der Waals surface area contributed by atoms with Gasteiger partial charge >= 0.3 is 0 Å². The van der Waals surface area contributed by atoms with E-state index in [9.17, 15) is 0 Å². The van der Waals surface area contributed by atoms with Gasteiger partial charge in [-0.2, -0.15) is 0 Å². The summed E-state index contributed by atoms with van der Waals surface area (Å²) in [6.45, 7) is 15.1. The van der Waals surface area contributed by atoms with E-state index < -0.39 is 16.1 Å². The maximum Gasteiger partial charge on any atom is 0.0991 e. The van der Waals surface area contributed by atoms with Gasteiger partial charge in [0.15, 0.2) is 0 Å². The van der Waals surface area contributed by atoms with Crippen molar-refractivity contribution in [2.24, 2.45) is 0 Å². The summed E-state index contributed by atoms with van der Waals surface area (Å²) in [5, 5.41) is 3.75. The topological polar surface area (TPSA) is 24.5 Å². The molecule has 0 heterocycles. The first-order valence-electron chi connectivity index (χ1n) is 14.7. The lowest BCUT2D eigenvalue weighted by Gasteiger charge is -2.35. The first-order chi connectivity index (χ1) is 19.6. The first-order valence-corrected chi connectivity index (χ1v) is 22.1. The number of nitrogens with zero attached hydrogens (tertiary/aromatic N) is 1. The Kier molecular flexibility index (Phi) is 12.8. The largest absolute Gasteiger partial charge is 0.369 e. The molecule has 0 spiro atoms. The van der Waals surface area contributed by atoms with E-state index >= 15 is 0 Å². The Hall–Kier alpha value is -2.81. The number of methoxy groups -OCH3 is 1. The predicted octanol–water partition coefficient (Wildman–Crippen LogP) is 8.80. The van der Waals surface area contributed by atoms with E-state index in [0.29, 0.717) is 12.8 Å². The molecule has 1 N–H and O–H groups in total. The molecule has 0 saturated carbocycles. The van der Waals surface area contributed by atoms with Crippen LogP contribution in [0.15, 0.2) is 121 Å². The summed E-state index contributed by atoms with van der Waals surface area (Å²) in [6.07, 6.45) is 2.23. The van der Waals surface area contributed by atoms with E-state index in [-0.39, 0.29) is 6.04 Å². The molecule has 0 saturated heterocycles. The van der Waals surface area contributed by atoms with Crippen LogP contribution in [0.2, 0.25) is 39.3 Å². The maximum absolute atomic E-state index is 5.52. The molecule has 4 rings (SSSR count). The molecule has 0 fully saturated rings. The summed E-state index contributed by atoms with van der Waals surface area (Å²) in [5.41, 5.74) is 5.33. The smallest absolute Gasteiger partial charge is 0.0991 e. The molecule has 0 aliphatic rings. The second kappa shape index (κ2) is 16.0. The average Bonchev–Trinajstić information content (AvgIpc) is 2.95. The summed E-state index contributed by atoms with van der Waals surface area (Å²) in [7, 11) is -0.555.